The van der Waals surface area contributed by atoms with Gasteiger partial charge in [0, 0.05) is 12.2 Å². The quantitative estimate of drug-likeness (QED) is 0.823. The third-order valence-corrected chi connectivity index (χ3v) is 3.43. The molecule has 5 heteroatoms. The normalized spacial score (nSPS) is 19.0. The van der Waals surface area contributed by atoms with E-state index in [0.29, 0.717) is 17.2 Å². The number of likely N-dealkylation sites (tertiary alicyclic amines) is 1. The molecule has 1 amide bonds. The molecule has 0 saturated carbocycles. The van der Waals surface area contributed by atoms with Crippen molar-refractivity contribution < 1.29 is 4.79 Å². The van der Waals surface area contributed by atoms with Crippen molar-refractivity contribution in [1.29, 1.82) is 0 Å². The molecule has 2 N–H and O–H groups in total. The molecular formula is C13H17N3OS. The van der Waals surface area contributed by atoms with Crippen LogP contribution in [-0.2, 0) is 0 Å². The molecule has 4 nitrogen and oxygen atoms in total. The molecule has 1 fully saturated rings. The summed E-state index contributed by atoms with van der Waals surface area (Å²) < 4.78 is 0. The van der Waals surface area contributed by atoms with Gasteiger partial charge in [0.1, 0.15) is 5.69 Å². The fourth-order valence-corrected chi connectivity index (χ4v) is 2.65. The largest absolute Gasteiger partial charge is 0.392 e. The molecule has 1 unspecified atom stereocenters. The maximum Gasteiger partial charge on any atom is 0.273 e. The molecule has 1 aromatic heterocycles. The highest BCUT2D eigenvalue weighted by atomic mass is 32.1. The molecule has 1 atom stereocenters. The number of amides is 1. The summed E-state index contributed by atoms with van der Waals surface area (Å²) in [6.07, 6.45) is 1.80. The van der Waals surface area contributed by atoms with Gasteiger partial charge in [-0.1, -0.05) is 12.2 Å². The Labute approximate surface area is 112 Å². The summed E-state index contributed by atoms with van der Waals surface area (Å²) in [6, 6.07) is 3.64. The number of nitrogens with two attached hydrogens (primary N) is 1. The Kier molecular flexibility index (Phi) is 3.61. The van der Waals surface area contributed by atoms with Gasteiger partial charge in [-0.25, -0.2) is 4.98 Å². The van der Waals surface area contributed by atoms with Crippen molar-refractivity contribution in [3.8, 4) is 0 Å². The van der Waals surface area contributed by atoms with E-state index in [9.17, 15) is 4.79 Å². The number of hydrogen-bond acceptors (Lipinski definition) is 3. The summed E-state index contributed by atoms with van der Waals surface area (Å²) in [4.78, 5) is 18.8. The first-order chi connectivity index (χ1) is 8.49. The minimum Gasteiger partial charge on any atom is -0.392 e. The molecule has 0 bridgehead atoms. The van der Waals surface area contributed by atoms with Gasteiger partial charge in [0.05, 0.1) is 11.0 Å². The van der Waals surface area contributed by atoms with Gasteiger partial charge in [-0.15, -0.1) is 0 Å². The van der Waals surface area contributed by atoms with Crippen LogP contribution in [0.3, 0.4) is 0 Å². The molecule has 0 spiro atoms. The molecular weight excluding hydrogens is 246 g/mol. The zero-order valence-corrected chi connectivity index (χ0v) is 11.5. The zero-order chi connectivity index (χ0) is 13.3. The molecule has 96 valence electrons. The van der Waals surface area contributed by atoms with Crippen LogP contribution in [0, 0.1) is 13.8 Å². The number of pyridine rings is 1. The molecule has 1 aromatic rings. The van der Waals surface area contributed by atoms with Gasteiger partial charge in [-0.2, -0.15) is 0 Å². The van der Waals surface area contributed by atoms with Gasteiger partial charge in [0.25, 0.3) is 5.91 Å². The van der Waals surface area contributed by atoms with E-state index >= 15 is 0 Å². The Morgan fingerprint density at radius 3 is 2.83 bits per heavy atom. The van der Waals surface area contributed by atoms with Crippen LogP contribution >= 0.6 is 12.2 Å². The van der Waals surface area contributed by atoms with Crippen molar-refractivity contribution in [2.24, 2.45) is 5.73 Å². The van der Waals surface area contributed by atoms with Crippen LogP contribution < -0.4 is 5.73 Å². The van der Waals surface area contributed by atoms with Crippen molar-refractivity contribution >= 4 is 23.1 Å². The molecule has 0 radical (unpaired) electrons. The van der Waals surface area contributed by atoms with Gasteiger partial charge < -0.3 is 10.6 Å². The van der Waals surface area contributed by atoms with Gasteiger partial charge in [-0.05, 0) is 44.4 Å². The molecule has 1 saturated heterocycles. The Balaban J connectivity index is 2.28. The Hall–Kier alpha value is -1.49. The summed E-state index contributed by atoms with van der Waals surface area (Å²) in [5, 5.41) is 0. The molecule has 0 aromatic carbocycles. The third kappa shape index (κ3) is 2.51. The topological polar surface area (TPSA) is 59.2 Å². The van der Waals surface area contributed by atoms with E-state index in [-0.39, 0.29) is 11.9 Å². The number of carbonyl (C=O) groups excluding carboxylic acids is 1. The average Bonchev–Trinajstić information content (AvgIpc) is 2.75. The van der Waals surface area contributed by atoms with Crippen LogP contribution in [0.2, 0.25) is 0 Å². The number of rotatable bonds is 2. The predicted molar refractivity (Wildman–Crippen MR) is 74.6 cm³/mol. The average molecular weight is 263 g/mol. The second-order valence-electron chi connectivity index (χ2n) is 4.73. The van der Waals surface area contributed by atoms with Crippen molar-refractivity contribution in [3.63, 3.8) is 0 Å². The van der Waals surface area contributed by atoms with Crippen LogP contribution in [-0.4, -0.2) is 33.4 Å². The fourth-order valence-electron chi connectivity index (χ4n) is 2.40. The van der Waals surface area contributed by atoms with Crippen LogP contribution in [0.25, 0.3) is 0 Å². The van der Waals surface area contributed by atoms with Crippen molar-refractivity contribution in [1.82, 2.24) is 9.88 Å². The first-order valence-electron chi connectivity index (χ1n) is 6.04. The summed E-state index contributed by atoms with van der Waals surface area (Å²) in [7, 11) is 0. The number of aryl methyl sites for hydroxylation is 2. The standard InChI is InChI=1S/C13H17N3OS/c1-8-6-9(2)15-10(7-8)13(17)16-5-3-4-11(16)12(14)18/h6-7,11H,3-5H2,1-2H3,(H2,14,18). The minimum atomic E-state index is -0.116. The molecule has 18 heavy (non-hydrogen) atoms. The van der Waals surface area contributed by atoms with Crippen LogP contribution in [0.5, 0.6) is 0 Å². The maximum absolute atomic E-state index is 12.4. The van der Waals surface area contributed by atoms with Gasteiger partial charge in [-0.3, -0.25) is 4.79 Å². The number of carbonyl (C=O) groups is 1. The van der Waals surface area contributed by atoms with Gasteiger partial charge in [0.2, 0.25) is 0 Å². The minimum absolute atomic E-state index is 0.0721. The lowest BCUT2D eigenvalue weighted by molar-refractivity contribution is 0.0764. The molecule has 1 aliphatic heterocycles. The SMILES string of the molecule is Cc1cc(C)nc(C(=O)N2CCCC2C(N)=S)c1. The van der Waals surface area contributed by atoms with Crippen molar-refractivity contribution in [3.05, 3.63) is 29.1 Å². The van der Waals surface area contributed by atoms with E-state index in [0.717, 1.165) is 24.1 Å². The first kappa shape index (κ1) is 13.0. The number of thiocarbonyl (C=S) groups is 1. The third-order valence-electron chi connectivity index (χ3n) is 3.16. The van der Waals surface area contributed by atoms with E-state index in [4.69, 9.17) is 18.0 Å². The van der Waals surface area contributed by atoms with Crippen LogP contribution in [0.4, 0.5) is 0 Å². The highest BCUT2D eigenvalue weighted by molar-refractivity contribution is 7.80. The van der Waals surface area contributed by atoms with E-state index in [1.165, 1.54) is 0 Å². The van der Waals surface area contributed by atoms with E-state index in [2.05, 4.69) is 4.98 Å². The predicted octanol–water partition coefficient (Wildman–Crippen LogP) is 1.59. The summed E-state index contributed by atoms with van der Waals surface area (Å²) >= 11 is 5.02. The molecule has 2 heterocycles. The van der Waals surface area contributed by atoms with E-state index in [1.54, 1.807) is 4.90 Å². The lowest BCUT2D eigenvalue weighted by Crippen LogP contribution is -2.43. The Morgan fingerprint density at radius 2 is 2.22 bits per heavy atom. The number of hydrogen-bond donors (Lipinski definition) is 1. The summed E-state index contributed by atoms with van der Waals surface area (Å²) in [5.74, 6) is -0.0721. The lowest BCUT2D eigenvalue weighted by atomic mass is 10.2. The number of aromatic nitrogens is 1. The van der Waals surface area contributed by atoms with Crippen LogP contribution in [0.1, 0.15) is 34.6 Å². The maximum atomic E-state index is 12.4. The van der Waals surface area contributed by atoms with E-state index in [1.807, 2.05) is 26.0 Å². The van der Waals surface area contributed by atoms with Crippen molar-refractivity contribution in [2.75, 3.05) is 6.54 Å². The zero-order valence-electron chi connectivity index (χ0n) is 10.6. The Morgan fingerprint density at radius 1 is 1.50 bits per heavy atom. The monoisotopic (exact) mass is 263 g/mol. The fraction of sp³-hybridized carbons (Fsp3) is 0.462. The second-order valence-corrected chi connectivity index (χ2v) is 5.20. The summed E-state index contributed by atoms with van der Waals surface area (Å²) in [5.41, 5.74) is 8.05. The van der Waals surface area contributed by atoms with E-state index < -0.39 is 0 Å². The number of nitrogens with zero attached hydrogens (tertiary/aromatic N) is 2. The van der Waals surface area contributed by atoms with Crippen LogP contribution in [0.15, 0.2) is 12.1 Å². The smallest absolute Gasteiger partial charge is 0.273 e. The highest BCUT2D eigenvalue weighted by Crippen LogP contribution is 2.20. The molecule has 1 aliphatic rings. The highest BCUT2D eigenvalue weighted by Gasteiger charge is 2.31. The first-order valence-corrected chi connectivity index (χ1v) is 6.45. The van der Waals surface area contributed by atoms with Gasteiger partial charge >= 0.3 is 0 Å². The Bertz CT molecular complexity index is 481. The second kappa shape index (κ2) is 5.02. The van der Waals surface area contributed by atoms with Crippen molar-refractivity contribution in [2.45, 2.75) is 32.7 Å². The molecule has 0 aliphatic carbocycles. The summed E-state index contributed by atoms with van der Waals surface area (Å²) in [6.45, 7) is 4.55. The van der Waals surface area contributed by atoms with Gasteiger partial charge in [0.15, 0.2) is 0 Å². The molecule has 2 rings (SSSR count). The lowest BCUT2D eigenvalue weighted by Gasteiger charge is -2.23.